The van der Waals surface area contributed by atoms with Crippen LogP contribution in [-0.4, -0.2) is 109 Å². The first-order chi connectivity index (χ1) is 35.9. The summed E-state index contributed by atoms with van der Waals surface area (Å²) >= 11 is 1.16. The Hall–Kier alpha value is -3.03. The number of ether oxygens (including phenoxy) is 1. The number of phosphoric acid groups is 3. The van der Waals surface area contributed by atoms with Crippen molar-refractivity contribution in [3.63, 3.8) is 0 Å². The number of aliphatic hydroxyl groups excluding tert-OH is 2. The smallest absolute Gasteiger partial charge is 0.274 e. The first kappa shape index (κ1) is 61.6. The third-order valence-corrected chi connectivity index (χ3v) is 21.3. The van der Waals surface area contributed by atoms with Crippen LogP contribution < -0.4 is 35.9 Å². The van der Waals surface area contributed by atoms with Gasteiger partial charge in [-0.2, -0.15) is 0 Å². The van der Waals surface area contributed by atoms with Crippen molar-refractivity contribution in [3.8, 4) is 0 Å². The van der Waals surface area contributed by atoms with Gasteiger partial charge in [-0.3, -0.25) is 32.9 Å². The zero-order chi connectivity index (χ0) is 56.5. The molecule has 2 unspecified atom stereocenters. The van der Waals surface area contributed by atoms with Gasteiger partial charge in [-0.25, -0.2) is 19.3 Å². The summed E-state index contributed by atoms with van der Waals surface area (Å²) in [6.45, 7) is 9.46. The number of nitrogens with two attached hydrogens (primary N) is 1. The number of thioether (sulfide) groups is 1. The highest BCUT2D eigenvalue weighted by atomic mass is 32.2. The second-order valence-corrected chi connectivity index (χ2v) is 27.8. The summed E-state index contributed by atoms with van der Waals surface area (Å²) in [6, 6.07) is 0. The lowest BCUT2D eigenvalue weighted by Crippen LogP contribution is -2.50. The number of amides is 2. The Balaban J connectivity index is 0.762. The molecule has 6 N–H and O–H groups in total. The average Bonchev–Trinajstić information content (AvgIpc) is 4.21. The molecule has 0 bridgehead atoms. The van der Waals surface area contributed by atoms with Gasteiger partial charge in [0.25, 0.3) is 15.6 Å². The number of hydrogen-bond donors (Lipinski definition) is 5. The number of nitrogens with one attached hydrogen (secondary N) is 2. The van der Waals surface area contributed by atoms with Crippen molar-refractivity contribution in [2.24, 2.45) is 51.8 Å². The summed E-state index contributed by atoms with van der Waals surface area (Å²) < 4.78 is 61.2. The van der Waals surface area contributed by atoms with Crippen molar-refractivity contribution >= 4 is 74.9 Å². The van der Waals surface area contributed by atoms with E-state index < -0.39 is 84.6 Å². The largest absolute Gasteiger partial charge is 0.790 e. The minimum absolute atomic E-state index is 0.0207. The number of carbonyl (C=O) groups is 4. The molecule has 5 aliphatic rings. The molecule has 7 rings (SSSR count). The summed E-state index contributed by atoms with van der Waals surface area (Å²) in [7, 11) is -17.7. The fourth-order valence-corrected chi connectivity index (χ4v) is 16.5. The molecule has 0 aromatic carbocycles. The van der Waals surface area contributed by atoms with Gasteiger partial charge >= 0.3 is 0 Å². The van der Waals surface area contributed by atoms with Crippen LogP contribution in [0.1, 0.15) is 125 Å². The normalized spacial score (nSPS) is 31.2. The Morgan fingerprint density at radius 2 is 1.70 bits per heavy atom. The van der Waals surface area contributed by atoms with Gasteiger partial charge in [-0.1, -0.05) is 71.7 Å². The predicted octanol–water partition coefficient (Wildman–Crippen LogP) is 2.73. The zero-order valence-corrected chi connectivity index (χ0v) is 47.6. The summed E-state index contributed by atoms with van der Waals surface area (Å²) in [4.78, 5) is 111. The van der Waals surface area contributed by atoms with E-state index in [-0.39, 0.29) is 52.9 Å². The highest BCUT2D eigenvalue weighted by Crippen LogP contribution is 2.68. The Bertz CT molecular complexity index is 2680. The van der Waals surface area contributed by atoms with Gasteiger partial charge in [0, 0.05) is 43.0 Å². The minimum atomic E-state index is -5.94. The molecule has 3 saturated carbocycles. The second kappa shape index (κ2) is 24.6. The topological polar surface area (TPSA) is 392 Å². The van der Waals surface area contributed by atoms with Crippen molar-refractivity contribution in [2.75, 3.05) is 37.8 Å². The second-order valence-electron chi connectivity index (χ2n) is 22.7. The number of aliphatic hydroxyl groups is 2. The summed E-state index contributed by atoms with van der Waals surface area (Å²) in [6.07, 6.45) is 6.16. The molecule has 4 fully saturated rings. The Labute approximate surface area is 451 Å². The highest BCUT2D eigenvalue weighted by Gasteiger charge is 2.59. The number of nitrogen functional groups attached to an aromatic ring is 1. The maximum Gasteiger partial charge on any atom is 0.274 e. The van der Waals surface area contributed by atoms with E-state index in [1.54, 1.807) is 0 Å². The van der Waals surface area contributed by atoms with E-state index in [9.17, 15) is 62.7 Å². The lowest BCUT2D eigenvalue weighted by molar-refractivity contribution is -0.347. The molecule has 29 heteroatoms. The summed E-state index contributed by atoms with van der Waals surface area (Å²) in [5.41, 5.74) is 6.00. The van der Waals surface area contributed by atoms with Gasteiger partial charge in [0.05, 0.1) is 27.4 Å². The van der Waals surface area contributed by atoms with Crippen LogP contribution >= 0.6 is 35.2 Å². The number of fused-ring (bicyclic) bond motifs is 6. The molecule has 0 spiro atoms. The maximum atomic E-state index is 13.0. The van der Waals surface area contributed by atoms with Crippen molar-refractivity contribution in [2.45, 2.75) is 149 Å². The number of phosphoric ester groups is 3. The Morgan fingerprint density at radius 1 is 0.974 bits per heavy atom. The number of aromatic nitrogens is 4. The van der Waals surface area contributed by atoms with E-state index in [2.05, 4.69) is 64.2 Å². The summed E-state index contributed by atoms with van der Waals surface area (Å²) in [5.74, 6) is 2.35. The van der Waals surface area contributed by atoms with Crippen LogP contribution in [0.15, 0.2) is 24.3 Å². The van der Waals surface area contributed by atoms with Crippen LogP contribution in [0.25, 0.3) is 11.2 Å². The number of ketones is 1. The number of anilines is 1. The lowest BCUT2D eigenvalue weighted by Gasteiger charge is -2.58. The fraction of sp³-hybridized carbons (Fsp3) is 0.771. The van der Waals surface area contributed by atoms with Gasteiger partial charge in [-0.05, 0) is 97.9 Å². The maximum absolute atomic E-state index is 13.0. The van der Waals surface area contributed by atoms with Crippen molar-refractivity contribution in [3.05, 3.63) is 24.3 Å². The van der Waals surface area contributed by atoms with Gasteiger partial charge < -0.3 is 69.0 Å². The van der Waals surface area contributed by atoms with Crippen LogP contribution in [0.4, 0.5) is 5.82 Å². The molecule has 1 saturated heterocycles. The molecule has 4 aliphatic carbocycles. The fourth-order valence-electron chi connectivity index (χ4n) is 13.0. The standard InChI is InChI=1S/C48H76N7O18P3S/c1-27(32-12-13-33-31-11-10-29-22-30(56)14-17-47(29,5)34(31)15-18-48(32,33)6)8-7-9-28(2)45(61)77-21-20-50-36(57)16-19-51-43(60)40(59)46(3,4)24-70-76(67,68)73-75(65,66)69-23-35-39(72-74(62,63)64)38(58)44(71-35)55-26-54-37-41(49)52-25-53-42(37)55/h22,25-28,31-35,38-40,44,58-59H,7-21,23-24H2,1-6H3,(H,50,57)(H,51,60)(H,65,66)(H,67,68)(H2,49,52,53)(H2,62,63,64)/p-4/t27-,28-,31+,32-,33+,34+,35-,38-,39-,40+,44-,47+,48-/m1/s1. The molecule has 2 aromatic rings. The third kappa shape index (κ3) is 14.5. The Kier molecular flexibility index (Phi) is 19.7. The van der Waals surface area contributed by atoms with Gasteiger partial charge in [0.1, 0.15) is 36.3 Å². The number of nitrogens with zero attached hydrogens (tertiary/aromatic N) is 4. The van der Waals surface area contributed by atoms with E-state index in [1.807, 2.05) is 13.0 Å². The number of allylic oxidation sites excluding steroid dienone is 1. The monoisotopic (exact) mass is 1160 g/mol. The van der Waals surface area contributed by atoms with E-state index in [0.29, 0.717) is 41.1 Å². The molecule has 1 aliphatic heterocycles. The molecule has 25 nitrogen and oxygen atoms in total. The number of hydrogen-bond acceptors (Lipinski definition) is 23. The molecular formula is C48H72N7O18P3S-4. The van der Waals surface area contributed by atoms with E-state index in [4.69, 9.17) is 10.5 Å². The molecule has 2 aromatic heterocycles. The first-order valence-corrected chi connectivity index (χ1v) is 31.5. The molecule has 0 radical (unpaired) electrons. The number of imidazole rings is 1. The van der Waals surface area contributed by atoms with Crippen molar-refractivity contribution in [1.29, 1.82) is 0 Å². The molecule has 77 heavy (non-hydrogen) atoms. The van der Waals surface area contributed by atoms with E-state index in [1.165, 1.54) is 51.5 Å². The highest BCUT2D eigenvalue weighted by molar-refractivity contribution is 8.13. The molecular weight excluding hydrogens is 1090 g/mol. The van der Waals surface area contributed by atoms with Gasteiger partial charge in [0.15, 0.2) is 28.6 Å². The number of rotatable bonds is 25. The SMILES string of the molecule is C[C@H](CCC[C@@H](C)[C@H]1CC[C@H]2[C@@H]3CCC4=CC(=O)CC[C@]4(C)[C@H]3CC[C@]12C)C(=O)SCCNC(=O)CCNC(=O)[C@H](O)C(C)(C)COP(=O)([O-])OP(=O)([O-])OC[C@H]1O[C@@H](n2cnc3c(N)ncnc32)[C@H](O)[C@@H]1OP(=O)([O-])[O-]. The van der Waals surface area contributed by atoms with E-state index in [0.717, 1.165) is 72.9 Å². The zero-order valence-electron chi connectivity index (χ0n) is 44.1. The predicted molar refractivity (Wildman–Crippen MR) is 271 cm³/mol. The lowest BCUT2D eigenvalue weighted by atomic mass is 9.46. The summed E-state index contributed by atoms with van der Waals surface area (Å²) in [5, 5.41) is 26.7. The van der Waals surface area contributed by atoms with Crippen LogP contribution in [-0.2, 0) is 55.5 Å². The van der Waals surface area contributed by atoms with Crippen LogP contribution in [0, 0.1) is 51.8 Å². The molecule has 2 amide bonds. The van der Waals surface area contributed by atoms with Crippen molar-refractivity contribution in [1.82, 2.24) is 30.2 Å². The minimum Gasteiger partial charge on any atom is -0.790 e. The molecule has 15 atom stereocenters. The Morgan fingerprint density at radius 3 is 2.43 bits per heavy atom. The van der Waals surface area contributed by atoms with Crippen molar-refractivity contribution < 1.29 is 85.3 Å². The molecule has 3 heterocycles. The quantitative estimate of drug-likeness (QED) is 0.0704. The van der Waals surface area contributed by atoms with Crippen LogP contribution in [0.2, 0.25) is 0 Å². The third-order valence-electron chi connectivity index (χ3n) is 17.1. The average molecular weight is 1160 g/mol. The van der Waals surface area contributed by atoms with Crippen LogP contribution in [0.3, 0.4) is 0 Å². The van der Waals surface area contributed by atoms with Gasteiger partial charge in [-0.15, -0.1) is 0 Å². The van der Waals surface area contributed by atoms with Gasteiger partial charge in [0.2, 0.25) is 11.8 Å². The van der Waals surface area contributed by atoms with Crippen LogP contribution in [0.5, 0.6) is 0 Å². The molecule has 432 valence electrons. The first-order valence-electron chi connectivity index (χ1n) is 26.2. The number of carbonyl (C=O) groups excluding carboxylic acids is 4. The van der Waals surface area contributed by atoms with E-state index >= 15 is 0 Å².